The molecule has 0 aromatic heterocycles. The minimum Gasteiger partial charge on any atom is -0.366 e. The largest absolute Gasteiger partial charge is 0.416 e. The van der Waals surface area contributed by atoms with E-state index in [1.54, 1.807) is 11.0 Å². The molecular weight excluding hydrogens is 301 g/mol. The van der Waals surface area contributed by atoms with Crippen molar-refractivity contribution in [2.24, 2.45) is 4.99 Å². The molecule has 2 heterocycles. The zero-order valence-electron chi connectivity index (χ0n) is 11.2. The highest BCUT2D eigenvalue weighted by atomic mass is 32.2. The zero-order chi connectivity index (χ0) is 15.1. The first kappa shape index (κ1) is 14.7. The van der Waals surface area contributed by atoms with Gasteiger partial charge in [0, 0.05) is 18.7 Å². The molecule has 1 N–H and O–H groups in total. The summed E-state index contributed by atoms with van der Waals surface area (Å²) in [6, 6.07) is 4.94. The highest BCUT2D eigenvalue weighted by Crippen LogP contribution is 2.41. The number of aliphatic hydroxyl groups is 1. The number of halogens is 3. The number of benzene rings is 1. The van der Waals surface area contributed by atoms with Crippen LogP contribution in [0.25, 0.3) is 0 Å². The van der Waals surface area contributed by atoms with Gasteiger partial charge in [0.25, 0.3) is 0 Å². The number of alkyl halides is 3. The molecule has 0 aliphatic carbocycles. The molecule has 1 saturated heterocycles. The van der Waals surface area contributed by atoms with Gasteiger partial charge < -0.3 is 10.0 Å². The maximum atomic E-state index is 12.9. The lowest BCUT2D eigenvalue weighted by atomic mass is 10.00. The van der Waals surface area contributed by atoms with Gasteiger partial charge in [0.2, 0.25) is 0 Å². The fourth-order valence-electron chi connectivity index (χ4n) is 2.63. The molecule has 0 saturated carbocycles. The molecule has 0 spiro atoms. The van der Waals surface area contributed by atoms with Crippen LogP contribution in [0.2, 0.25) is 0 Å². The third kappa shape index (κ3) is 2.64. The Kier molecular flexibility index (Phi) is 3.65. The zero-order valence-corrected chi connectivity index (χ0v) is 12.0. The van der Waals surface area contributed by atoms with E-state index in [0.29, 0.717) is 18.8 Å². The van der Waals surface area contributed by atoms with Crippen molar-refractivity contribution in [3.63, 3.8) is 0 Å². The van der Waals surface area contributed by atoms with Crippen LogP contribution in [0.5, 0.6) is 0 Å². The van der Waals surface area contributed by atoms with Crippen molar-refractivity contribution in [1.82, 2.24) is 4.90 Å². The molecule has 0 radical (unpaired) electrons. The maximum absolute atomic E-state index is 12.9. The Balaban J connectivity index is 1.99. The fourth-order valence-corrected chi connectivity index (χ4v) is 3.86. The first-order chi connectivity index (χ1) is 9.91. The SMILES string of the molecule is OC1(c2cccc(C(F)(F)F)c2)CSC2=NCCCCN21. The summed E-state index contributed by atoms with van der Waals surface area (Å²) in [7, 11) is 0. The summed E-state index contributed by atoms with van der Waals surface area (Å²) in [6.07, 6.45) is -2.61. The molecule has 114 valence electrons. The molecule has 0 bridgehead atoms. The Labute approximate surface area is 124 Å². The summed E-state index contributed by atoms with van der Waals surface area (Å²) in [5.41, 5.74) is -1.87. The molecule has 1 aromatic rings. The number of hydrogen-bond acceptors (Lipinski definition) is 4. The van der Waals surface area contributed by atoms with E-state index in [1.807, 2.05) is 0 Å². The highest BCUT2D eigenvalue weighted by Gasteiger charge is 2.45. The average Bonchev–Trinajstić information content (AvgIpc) is 2.64. The molecule has 2 aliphatic rings. The Morgan fingerprint density at radius 2 is 2.10 bits per heavy atom. The molecule has 3 rings (SSSR count). The van der Waals surface area contributed by atoms with Gasteiger partial charge in [0.1, 0.15) is 0 Å². The lowest BCUT2D eigenvalue weighted by molar-refractivity contribution is -0.137. The van der Waals surface area contributed by atoms with E-state index in [4.69, 9.17) is 0 Å². The summed E-state index contributed by atoms with van der Waals surface area (Å²) in [6.45, 7) is 1.32. The van der Waals surface area contributed by atoms with E-state index in [9.17, 15) is 18.3 Å². The predicted octanol–water partition coefficient (Wildman–Crippen LogP) is 3.05. The van der Waals surface area contributed by atoms with E-state index in [2.05, 4.69) is 4.99 Å². The van der Waals surface area contributed by atoms with Crippen LogP contribution in [0.1, 0.15) is 24.0 Å². The third-order valence-electron chi connectivity index (χ3n) is 3.77. The van der Waals surface area contributed by atoms with Crippen LogP contribution >= 0.6 is 11.8 Å². The van der Waals surface area contributed by atoms with Gasteiger partial charge in [-0.05, 0) is 25.0 Å². The van der Waals surface area contributed by atoms with E-state index in [-0.39, 0.29) is 5.56 Å². The van der Waals surface area contributed by atoms with Crippen molar-refractivity contribution in [3.8, 4) is 0 Å². The topological polar surface area (TPSA) is 35.8 Å². The van der Waals surface area contributed by atoms with Gasteiger partial charge in [-0.1, -0.05) is 23.9 Å². The van der Waals surface area contributed by atoms with E-state index < -0.39 is 17.5 Å². The number of rotatable bonds is 1. The second kappa shape index (κ2) is 5.21. The molecule has 7 heteroatoms. The molecule has 1 atom stereocenters. The van der Waals surface area contributed by atoms with Gasteiger partial charge in [-0.15, -0.1) is 0 Å². The normalized spacial score (nSPS) is 26.3. The monoisotopic (exact) mass is 316 g/mol. The van der Waals surface area contributed by atoms with Crippen molar-refractivity contribution in [2.75, 3.05) is 18.8 Å². The van der Waals surface area contributed by atoms with Gasteiger partial charge in [-0.3, -0.25) is 4.99 Å². The number of aliphatic imine (C=N–C) groups is 1. The van der Waals surface area contributed by atoms with Crippen LogP contribution in [0.15, 0.2) is 29.3 Å². The lowest BCUT2D eigenvalue weighted by Gasteiger charge is -2.34. The standard InChI is InChI=1S/C14H15F3N2OS/c15-14(16,17)11-5-3-4-10(8-11)13(20)9-21-12-18-6-1-2-7-19(12)13/h3-5,8,20H,1-2,6-7,9H2. The minimum absolute atomic E-state index is 0.275. The average molecular weight is 316 g/mol. The molecule has 0 amide bonds. The van der Waals surface area contributed by atoms with Crippen molar-refractivity contribution < 1.29 is 18.3 Å². The summed E-state index contributed by atoms with van der Waals surface area (Å²) in [5.74, 6) is 0.299. The second-order valence-corrected chi connectivity index (χ2v) is 6.15. The number of nitrogens with zero attached hydrogens (tertiary/aromatic N) is 2. The van der Waals surface area contributed by atoms with Crippen molar-refractivity contribution in [3.05, 3.63) is 35.4 Å². The van der Waals surface area contributed by atoms with E-state index in [1.165, 1.54) is 17.8 Å². The highest BCUT2D eigenvalue weighted by molar-refractivity contribution is 8.14. The molecule has 21 heavy (non-hydrogen) atoms. The Morgan fingerprint density at radius 1 is 1.29 bits per heavy atom. The molecule has 1 fully saturated rings. The second-order valence-electron chi connectivity index (χ2n) is 5.21. The molecule has 2 aliphatic heterocycles. The van der Waals surface area contributed by atoms with Crippen molar-refractivity contribution >= 4 is 16.9 Å². The number of thioether (sulfide) groups is 1. The van der Waals surface area contributed by atoms with Crippen LogP contribution in [-0.4, -0.2) is 34.0 Å². The van der Waals surface area contributed by atoms with Gasteiger partial charge >= 0.3 is 6.18 Å². The summed E-state index contributed by atoms with van der Waals surface area (Å²) in [5, 5.41) is 11.7. The lowest BCUT2D eigenvalue weighted by Crippen LogP contribution is -2.45. The molecular formula is C14H15F3N2OS. The summed E-state index contributed by atoms with van der Waals surface area (Å²) >= 11 is 1.40. The predicted molar refractivity (Wildman–Crippen MR) is 76.0 cm³/mol. The molecule has 1 aromatic carbocycles. The van der Waals surface area contributed by atoms with Crippen LogP contribution in [-0.2, 0) is 11.9 Å². The summed E-state index contributed by atoms with van der Waals surface area (Å²) in [4.78, 5) is 6.14. The van der Waals surface area contributed by atoms with Gasteiger partial charge in [-0.25, -0.2) is 0 Å². The van der Waals surface area contributed by atoms with Gasteiger partial charge in [0.05, 0.1) is 11.3 Å². The van der Waals surface area contributed by atoms with E-state index >= 15 is 0 Å². The third-order valence-corrected chi connectivity index (χ3v) is 4.92. The Bertz CT molecular complexity index is 576. The Morgan fingerprint density at radius 3 is 2.86 bits per heavy atom. The summed E-state index contributed by atoms with van der Waals surface area (Å²) < 4.78 is 38.6. The fraction of sp³-hybridized carbons (Fsp3) is 0.500. The quantitative estimate of drug-likeness (QED) is 0.865. The van der Waals surface area contributed by atoms with Gasteiger partial charge in [0.15, 0.2) is 10.9 Å². The number of amidine groups is 1. The minimum atomic E-state index is -4.41. The number of hydrogen-bond donors (Lipinski definition) is 1. The number of fused-ring (bicyclic) bond motifs is 1. The van der Waals surface area contributed by atoms with Gasteiger partial charge in [-0.2, -0.15) is 13.2 Å². The Hall–Kier alpha value is -1.21. The van der Waals surface area contributed by atoms with Crippen LogP contribution in [0.4, 0.5) is 13.2 Å². The van der Waals surface area contributed by atoms with E-state index in [0.717, 1.165) is 30.1 Å². The first-order valence-electron chi connectivity index (χ1n) is 6.76. The molecule has 3 nitrogen and oxygen atoms in total. The molecule has 1 unspecified atom stereocenters. The van der Waals surface area contributed by atoms with Crippen LogP contribution in [0.3, 0.4) is 0 Å². The van der Waals surface area contributed by atoms with Crippen molar-refractivity contribution in [2.45, 2.75) is 24.7 Å². The maximum Gasteiger partial charge on any atom is 0.416 e. The van der Waals surface area contributed by atoms with Crippen LogP contribution in [0, 0.1) is 0 Å². The smallest absolute Gasteiger partial charge is 0.366 e. The first-order valence-corrected chi connectivity index (χ1v) is 7.75. The van der Waals surface area contributed by atoms with Crippen molar-refractivity contribution in [1.29, 1.82) is 0 Å². The van der Waals surface area contributed by atoms with Crippen LogP contribution < -0.4 is 0 Å².